The number of hydrogen-bond acceptors (Lipinski definition) is 3. The van der Waals surface area contributed by atoms with Gasteiger partial charge in [0.2, 0.25) is 0 Å². The van der Waals surface area contributed by atoms with Crippen LogP contribution in [0.4, 0.5) is 20.3 Å². The Balaban J connectivity index is 1.64. The smallest absolute Gasteiger partial charge is 0.197 e. The lowest BCUT2D eigenvalue weighted by Crippen LogP contribution is -1.97. The van der Waals surface area contributed by atoms with Crippen molar-refractivity contribution in [2.24, 2.45) is 0 Å². The van der Waals surface area contributed by atoms with Crippen LogP contribution in [-0.4, -0.2) is 14.4 Å². The van der Waals surface area contributed by atoms with Gasteiger partial charge in [0, 0.05) is 28.4 Å². The van der Waals surface area contributed by atoms with Gasteiger partial charge in [-0.3, -0.25) is 4.40 Å². The summed E-state index contributed by atoms with van der Waals surface area (Å²) in [7, 11) is 0. The number of halogens is 2. The zero-order valence-corrected chi connectivity index (χ0v) is 17.2. The summed E-state index contributed by atoms with van der Waals surface area (Å²) < 4.78 is 30.0. The minimum absolute atomic E-state index is 0.280. The standard InChI is InChI=1S/C24H16F2N4S/c1-13-2-8-19-17(10-13)18(12-27-19)22-23(28-16-6-3-14(25)4-7-16)30-20-9-5-15(26)11-21(20)31-24(30)29-22/h2-12,27-28H,1H3. The van der Waals surface area contributed by atoms with E-state index >= 15 is 0 Å². The maximum atomic E-state index is 13.8. The fraction of sp³-hybridized carbons (Fsp3) is 0.0417. The number of hydrogen-bond donors (Lipinski definition) is 2. The zero-order valence-electron chi connectivity index (χ0n) is 16.4. The highest BCUT2D eigenvalue weighted by molar-refractivity contribution is 7.23. The lowest BCUT2D eigenvalue weighted by Gasteiger charge is -2.09. The Morgan fingerprint density at radius 1 is 0.968 bits per heavy atom. The molecule has 0 aliphatic rings. The van der Waals surface area contributed by atoms with Crippen molar-refractivity contribution in [3.63, 3.8) is 0 Å². The Hall–Kier alpha value is -3.71. The van der Waals surface area contributed by atoms with Crippen molar-refractivity contribution in [1.29, 1.82) is 0 Å². The van der Waals surface area contributed by atoms with Crippen LogP contribution in [0.25, 0.3) is 37.3 Å². The van der Waals surface area contributed by atoms with Crippen LogP contribution < -0.4 is 5.32 Å². The Bertz CT molecular complexity index is 1590. The van der Waals surface area contributed by atoms with Crippen molar-refractivity contribution >= 4 is 48.9 Å². The molecule has 7 heteroatoms. The van der Waals surface area contributed by atoms with Gasteiger partial charge in [0.15, 0.2) is 4.96 Å². The van der Waals surface area contributed by atoms with Crippen molar-refractivity contribution < 1.29 is 8.78 Å². The highest BCUT2D eigenvalue weighted by Crippen LogP contribution is 2.40. The van der Waals surface area contributed by atoms with E-state index in [0.29, 0.717) is 0 Å². The minimum Gasteiger partial charge on any atom is -0.360 e. The summed E-state index contributed by atoms with van der Waals surface area (Å²) in [6.07, 6.45) is 1.95. The summed E-state index contributed by atoms with van der Waals surface area (Å²) in [5, 5.41) is 4.49. The molecule has 6 aromatic rings. The molecular weight excluding hydrogens is 414 g/mol. The number of benzene rings is 3. The second-order valence-electron chi connectivity index (χ2n) is 7.52. The van der Waals surface area contributed by atoms with Crippen LogP contribution in [-0.2, 0) is 0 Å². The highest BCUT2D eigenvalue weighted by atomic mass is 32.1. The molecule has 0 bridgehead atoms. The maximum absolute atomic E-state index is 13.8. The van der Waals surface area contributed by atoms with Crippen LogP contribution in [0.5, 0.6) is 0 Å². The Morgan fingerprint density at radius 2 is 1.77 bits per heavy atom. The second kappa shape index (κ2) is 6.65. The normalized spacial score (nSPS) is 11.7. The third-order valence-electron chi connectivity index (χ3n) is 5.41. The van der Waals surface area contributed by atoms with Crippen molar-refractivity contribution in [1.82, 2.24) is 14.4 Å². The predicted molar refractivity (Wildman–Crippen MR) is 122 cm³/mol. The third-order valence-corrected chi connectivity index (χ3v) is 6.41. The lowest BCUT2D eigenvalue weighted by molar-refractivity contribution is 0.628. The number of aryl methyl sites for hydroxylation is 1. The first-order valence-electron chi connectivity index (χ1n) is 9.78. The molecule has 0 aliphatic carbocycles. The van der Waals surface area contributed by atoms with Gasteiger partial charge in [-0.1, -0.05) is 23.0 Å². The molecule has 6 rings (SSSR count). The maximum Gasteiger partial charge on any atom is 0.197 e. The largest absolute Gasteiger partial charge is 0.360 e. The first kappa shape index (κ1) is 18.1. The molecule has 4 nitrogen and oxygen atoms in total. The van der Waals surface area contributed by atoms with Gasteiger partial charge in [-0.15, -0.1) is 0 Å². The van der Waals surface area contributed by atoms with Crippen LogP contribution in [0.2, 0.25) is 0 Å². The van der Waals surface area contributed by atoms with Gasteiger partial charge in [-0.05, 0) is 61.5 Å². The molecule has 3 aromatic carbocycles. The van der Waals surface area contributed by atoms with Gasteiger partial charge < -0.3 is 10.3 Å². The molecule has 3 aromatic heterocycles. The molecular formula is C24H16F2N4S. The fourth-order valence-corrected chi connectivity index (χ4v) is 5.00. The Kier molecular flexibility index (Phi) is 3.88. The molecule has 0 saturated carbocycles. The molecule has 0 atom stereocenters. The molecule has 0 radical (unpaired) electrons. The van der Waals surface area contributed by atoms with E-state index in [1.54, 1.807) is 18.2 Å². The number of aromatic nitrogens is 3. The van der Waals surface area contributed by atoms with E-state index in [4.69, 9.17) is 4.98 Å². The zero-order chi connectivity index (χ0) is 21.1. The number of imidazole rings is 1. The molecule has 0 unspecified atom stereocenters. The van der Waals surface area contributed by atoms with Gasteiger partial charge in [0.1, 0.15) is 23.1 Å². The van der Waals surface area contributed by atoms with E-state index in [9.17, 15) is 8.78 Å². The first-order valence-corrected chi connectivity index (χ1v) is 10.6. The average molecular weight is 430 g/mol. The van der Waals surface area contributed by atoms with E-state index in [0.717, 1.165) is 54.4 Å². The van der Waals surface area contributed by atoms with Gasteiger partial charge >= 0.3 is 0 Å². The monoisotopic (exact) mass is 430 g/mol. The summed E-state index contributed by atoms with van der Waals surface area (Å²) >= 11 is 1.43. The number of fused-ring (bicyclic) bond motifs is 4. The average Bonchev–Trinajstić information content (AvgIpc) is 3.41. The number of aromatic amines is 1. The van der Waals surface area contributed by atoms with E-state index < -0.39 is 0 Å². The SMILES string of the molecule is Cc1ccc2[nH]cc(-c3nc4sc5cc(F)ccc5n4c3Nc3ccc(F)cc3)c2c1. The molecule has 3 heterocycles. The van der Waals surface area contributed by atoms with Gasteiger partial charge in [-0.2, -0.15) is 0 Å². The van der Waals surface area contributed by atoms with Crippen molar-refractivity contribution in [3.05, 3.63) is 84.1 Å². The molecule has 152 valence electrons. The first-order chi connectivity index (χ1) is 15.1. The van der Waals surface area contributed by atoms with Crippen molar-refractivity contribution in [3.8, 4) is 11.3 Å². The summed E-state index contributed by atoms with van der Waals surface area (Å²) in [4.78, 5) is 8.99. The quantitative estimate of drug-likeness (QED) is 0.317. The lowest BCUT2D eigenvalue weighted by atomic mass is 10.1. The third kappa shape index (κ3) is 2.89. The Labute approximate surface area is 179 Å². The Morgan fingerprint density at radius 3 is 2.61 bits per heavy atom. The van der Waals surface area contributed by atoms with Crippen molar-refractivity contribution in [2.45, 2.75) is 6.92 Å². The molecule has 0 aliphatic heterocycles. The molecule has 0 saturated heterocycles. The number of H-pyrrole nitrogens is 1. The number of thiazole rings is 1. The molecule has 0 amide bonds. The van der Waals surface area contributed by atoms with Gasteiger partial charge in [0.25, 0.3) is 0 Å². The van der Waals surface area contributed by atoms with Gasteiger partial charge in [-0.25, -0.2) is 13.8 Å². The molecule has 0 fully saturated rings. The summed E-state index contributed by atoms with van der Waals surface area (Å²) in [5.74, 6) is 0.173. The van der Waals surface area contributed by atoms with Crippen LogP contribution in [0, 0.1) is 18.6 Å². The summed E-state index contributed by atoms with van der Waals surface area (Å²) in [6, 6.07) is 17.2. The van der Waals surface area contributed by atoms with E-state index in [1.165, 1.54) is 35.6 Å². The van der Waals surface area contributed by atoms with Crippen LogP contribution in [0.3, 0.4) is 0 Å². The van der Waals surface area contributed by atoms with E-state index in [2.05, 4.69) is 35.4 Å². The fourth-order valence-electron chi connectivity index (χ4n) is 3.95. The number of rotatable bonds is 3. The van der Waals surface area contributed by atoms with Crippen LogP contribution in [0.15, 0.2) is 66.9 Å². The minimum atomic E-state index is -0.298. The number of anilines is 2. The van der Waals surface area contributed by atoms with Crippen molar-refractivity contribution in [2.75, 3.05) is 5.32 Å². The van der Waals surface area contributed by atoms with Gasteiger partial charge in [0.05, 0.1) is 10.2 Å². The van der Waals surface area contributed by atoms with E-state index in [-0.39, 0.29) is 11.6 Å². The van der Waals surface area contributed by atoms with E-state index in [1.807, 2.05) is 10.6 Å². The van der Waals surface area contributed by atoms with Crippen LogP contribution >= 0.6 is 11.3 Å². The van der Waals surface area contributed by atoms with Crippen LogP contribution in [0.1, 0.15) is 5.56 Å². The summed E-state index contributed by atoms with van der Waals surface area (Å²) in [5.41, 5.74) is 5.52. The predicted octanol–water partition coefficient (Wildman–Crippen LogP) is 7.03. The molecule has 0 spiro atoms. The highest BCUT2D eigenvalue weighted by Gasteiger charge is 2.21. The number of nitrogens with one attached hydrogen (secondary N) is 2. The number of nitrogens with zero attached hydrogens (tertiary/aromatic N) is 2. The molecule has 2 N–H and O–H groups in total. The summed E-state index contributed by atoms with van der Waals surface area (Å²) in [6.45, 7) is 2.06. The topological polar surface area (TPSA) is 45.1 Å². The second-order valence-corrected chi connectivity index (χ2v) is 8.53. The molecule has 31 heavy (non-hydrogen) atoms.